The molecule has 0 unspecified atom stereocenters. The van der Waals surface area contributed by atoms with Crippen LogP contribution in [-0.2, 0) is 25.7 Å². The second-order valence-corrected chi connectivity index (χ2v) is 7.60. The van der Waals surface area contributed by atoms with Crippen LogP contribution in [0.3, 0.4) is 0 Å². The van der Waals surface area contributed by atoms with Gasteiger partial charge >= 0.3 is 11.6 Å². The number of likely N-dealkylation sites (tertiary alicyclic amines) is 1. The van der Waals surface area contributed by atoms with E-state index in [9.17, 15) is 19.2 Å². The average Bonchev–Trinajstić information content (AvgIpc) is 2.93. The average molecular weight is 395 g/mol. The number of aryl methyl sites for hydroxylation is 2. The molecule has 1 aromatic carbocycles. The molecule has 1 aromatic heterocycles. The number of ether oxygens (including phenoxy) is 1. The number of carbonyl (C=O) groups excluding carboxylic acids is 3. The van der Waals surface area contributed by atoms with Gasteiger partial charge in [-0.1, -0.05) is 12.2 Å². The van der Waals surface area contributed by atoms with Crippen LogP contribution < -0.4 is 5.63 Å². The van der Waals surface area contributed by atoms with Gasteiger partial charge in [0.25, 0.3) is 0 Å². The van der Waals surface area contributed by atoms with Gasteiger partial charge in [0.15, 0.2) is 0 Å². The van der Waals surface area contributed by atoms with Gasteiger partial charge in [0, 0.05) is 17.0 Å². The molecular formula is C22H21NO6. The van der Waals surface area contributed by atoms with Gasteiger partial charge in [-0.15, -0.1) is 0 Å². The molecule has 0 saturated carbocycles. The van der Waals surface area contributed by atoms with Gasteiger partial charge in [-0.25, -0.2) is 4.79 Å². The number of fused-ring (bicyclic) bond motifs is 2. The molecule has 2 atom stereocenters. The van der Waals surface area contributed by atoms with E-state index in [1.165, 1.54) is 6.07 Å². The zero-order valence-corrected chi connectivity index (χ0v) is 16.3. The van der Waals surface area contributed by atoms with E-state index in [0.29, 0.717) is 29.4 Å². The third kappa shape index (κ3) is 3.48. The largest absolute Gasteiger partial charge is 0.459 e. The van der Waals surface area contributed by atoms with Crippen LogP contribution in [0.5, 0.6) is 0 Å². The lowest BCUT2D eigenvalue weighted by atomic mass is 9.85. The molecule has 1 aliphatic heterocycles. The maximum Gasteiger partial charge on any atom is 0.336 e. The number of esters is 1. The molecule has 1 saturated heterocycles. The van der Waals surface area contributed by atoms with E-state index in [1.807, 2.05) is 32.1 Å². The zero-order valence-electron chi connectivity index (χ0n) is 16.3. The Bertz CT molecular complexity index is 1090. The standard InChI is InChI=1S/C22H21NO6/c1-12-7-17-14(9-19(24)29-18(17)8-13(12)2)11-28-20(25)10-23-21(26)15-5-3-4-6-16(15)22(23)27/h3-4,7-9,15-16H,5-6,10-11H2,1-2H3/t15-,16-/m0/s1. The number of carbonyl (C=O) groups is 3. The number of imide groups is 1. The molecule has 2 aliphatic rings. The first kappa shape index (κ1) is 19.1. The van der Waals surface area contributed by atoms with E-state index < -0.39 is 18.1 Å². The Morgan fingerprint density at radius 1 is 1.03 bits per heavy atom. The smallest absolute Gasteiger partial charge is 0.336 e. The first-order valence-corrected chi connectivity index (χ1v) is 9.55. The third-order valence-electron chi connectivity index (χ3n) is 5.72. The van der Waals surface area contributed by atoms with Gasteiger partial charge in [0.2, 0.25) is 11.8 Å². The minimum atomic E-state index is -0.691. The van der Waals surface area contributed by atoms with Crippen LogP contribution in [0.4, 0.5) is 0 Å². The maximum absolute atomic E-state index is 12.5. The molecule has 1 aliphatic carbocycles. The van der Waals surface area contributed by atoms with Crippen LogP contribution in [0.2, 0.25) is 0 Å². The minimum absolute atomic E-state index is 0.145. The molecule has 1 fully saturated rings. The van der Waals surface area contributed by atoms with Crippen molar-refractivity contribution in [1.82, 2.24) is 4.90 Å². The van der Waals surface area contributed by atoms with Crippen molar-refractivity contribution in [2.45, 2.75) is 33.3 Å². The number of rotatable bonds is 4. The van der Waals surface area contributed by atoms with Crippen molar-refractivity contribution in [1.29, 1.82) is 0 Å². The van der Waals surface area contributed by atoms with Crippen molar-refractivity contribution in [3.05, 3.63) is 57.5 Å². The molecule has 7 heteroatoms. The second kappa shape index (κ2) is 7.31. The summed E-state index contributed by atoms with van der Waals surface area (Å²) in [6, 6.07) is 4.94. The van der Waals surface area contributed by atoms with E-state index in [4.69, 9.17) is 9.15 Å². The fourth-order valence-electron chi connectivity index (χ4n) is 3.96. The number of allylic oxidation sites excluding steroid dienone is 2. The summed E-state index contributed by atoms with van der Waals surface area (Å²) in [7, 11) is 0. The van der Waals surface area contributed by atoms with Gasteiger partial charge in [0.05, 0.1) is 11.8 Å². The highest BCUT2D eigenvalue weighted by Crippen LogP contribution is 2.34. The van der Waals surface area contributed by atoms with Crippen molar-refractivity contribution in [3.8, 4) is 0 Å². The maximum atomic E-state index is 12.5. The number of hydrogen-bond donors (Lipinski definition) is 0. The first-order valence-electron chi connectivity index (χ1n) is 9.55. The quantitative estimate of drug-likeness (QED) is 0.342. The van der Waals surface area contributed by atoms with E-state index >= 15 is 0 Å². The molecule has 0 N–H and O–H groups in total. The molecule has 7 nitrogen and oxygen atoms in total. The molecule has 2 amide bonds. The van der Waals surface area contributed by atoms with Crippen molar-refractivity contribution >= 4 is 28.8 Å². The van der Waals surface area contributed by atoms with Crippen molar-refractivity contribution < 1.29 is 23.5 Å². The highest BCUT2D eigenvalue weighted by atomic mass is 16.5. The van der Waals surface area contributed by atoms with Gasteiger partial charge in [-0.2, -0.15) is 0 Å². The number of hydrogen-bond acceptors (Lipinski definition) is 6. The Balaban J connectivity index is 1.48. The summed E-state index contributed by atoms with van der Waals surface area (Å²) in [6.45, 7) is 3.30. The molecular weight excluding hydrogens is 374 g/mol. The normalized spacial score (nSPS) is 21.0. The first-order chi connectivity index (χ1) is 13.8. The second-order valence-electron chi connectivity index (χ2n) is 7.60. The summed E-state index contributed by atoms with van der Waals surface area (Å²) >= 11 is 0. The summed E-state index contributed by atoms with van der Waals surface area (Å²) in [4.78, 5) is 50.1. The zero-order chi connectivity index (χ0) is 20.7. The van der Waals surface area contributed by atoms with Crippen LogP contribution in [0.1, 0.15) is 29.5 Å². The molecule has 2 aromatic rings. The minimum Gasteiger partial charge on any atom is -0.459 e. The highest BCUT2D eigenvalue weighted by molar-refractivity contribution is 6.07. The van der Waals surface area contributed by atoms with Gasteiger partial charge in [-0.3, -0.25) is 19.3 Å². The van der Waals surface area contributed by atoms with Crippen molar-refractivity contribution in [2.75, 3.05) is 6.54 Å². The summed E-state index contributed by atoms with van der Waals surface area (Å²) in [5.41, 5.74) is 2.41. The van der Waals surface area contributed by atoms with E-state index in [1.54, 1.807) is 6.07 Å². The molecule has 0 radical (unpaired) electrons. The molecule has 150 valence electrons. The Labute approximate surface area is 166 Å². The fourth-order valence-corrected chi connectivity index (χ4v) is 3.96. The predicted octanol–water partition coefficient (Wildman–Crippen LogP) is 2.40. The summed E-state index contributed by atoms with van der Waals surface area (Å²) < 4.78 is 10.5. The van der Waals surface area contributed by atoms with Crippen LogP contribution in [0, 0.1) is 25.7 Å². The SMILES string of the molecule is Cc1cc2oc(=O)cc(COC(=O)CN3C(=O)[C@H]4CC=CC[C@@H]4C3=O)c2cc1C. The number of amides is 2. The van der Waals surface area contributed by atoms with E-state index in [0.717, 1.165) is 16.0 Å². The Morgan fingerprint density at radius 2 is 1.66 bits per heavy atom. The van der Waals surface area contributed by atoms with Gasteiger partial charge in [-0.05, 0) is 49.9 Å². The monoisotopic (exact) mass is 395 g/mol. The van der Waals surface area contributed by atoms with Gasteiger partial charge in [0.1, 0.15) is 18.7 Å². The van der Waals surface area contributed by atoms with E-state index in [2.05, 4.69) is 0 Å². The molecule has 29 heavy (non-hydrogen) atoms. The van der Waals surface area contributed by atoms with E-state index in [-0.39, 0.29) is 30.3 Å². The summed E-state index contributed by atoms with van der Waals surface area (Å²) in [5.74, 6) is -2.09. The predicted molar refractivity (Wildman–Crippen MR) is 104 cm³/mol. The number of nitrogens with zero attached hydrogens (tertiary/aromatic N) is 1. The van der Waals surface area contributed by atoms with Crippen LogP contribution in [0.25, 0.3) is 11.0 Å². The fraction of sp³-hybridized carbons (Fsp3) is 0.364. The Kier molecular flexibility index (Phi) is 4.82. The lowest BCUT2D eigenvalue weighted by Crippen LogP contribution is -2.36. The van der Waals surface area contributed by atoms with Gasteiger partial charge < -0.3 is 9.15 Å². The molecule has 0 bridgehead atoms. The molecule has 4 rings (SSSR count). The molecule has 2 heterocycles. The topological polar surface area (TPSA) is 93.9 Å². The summed E-state index contributed by atoms with van der Waals surface area (Å²) in [6.07, 6.45) is 4.82. The lowest BCUT2D eigenvalue weighted by molar-refractivity contribution is -0.153. The lowest BCUT2D eigenvalue weighted by Gasteiger charge is -2.14. The highest BCUT2D eigenvalue weighted by Gasteiger charge is 2.47. The van der Waals surface area contributed by atoms with Crippen LogP contribution in [-0.4, -0.2) is 29.2 Å². The third-order valence-corrected chi connectivity index (χ3v) is 5.72. The summed E-state index contributed by atoms with van der Waals surface area (Å²) in [5, 5.41) is 0.686. The van der Waals surface area contributed by atoms with Crippen LogP contribution >= 0.6 is 0 Å². The van der Waals surface area contributed by atoms with Crippen molar-refractivity contribution in [3.63, 3.8) is 0 Å². The Hall–Kier alpha value is -3.22. The number of benzene rings is 1. The molecule has 0 spiro atoms. The van der Waals surface area contributed by atoms with Crippen LogP contribution in [0.15, 0.2) is 39.6 Å². The Morgan fingerprint density at radius 3 is 2.31 bits per heavy atom. The van der Waals surface area contributed by atoms with Crippen molar-refractivity contribution in [2.24, 2.45) is 11.8 Å².